The zero-order valence-corrected chi connectivity index (χ0v) is 12.1. The molecule has 0 atom stereocenters. The Hall–Kier alpha value is -1.97. The van der Waals surface area contributed by atoms with E-state index in [4.69, 9.17) is 0 Å². The predicted molar refractivity (Wildman–Crippen MR) is 78.6 cm³/mol. The SMILES string of the molecule is CC(C)Cc1ccc(CNc2cc(F)cc(F)c2F)cc1. The van der Waals surface area contributed by atoms with Crippen LogP contribution in [0.25, 0.3) is 0 Å². The quantitative estimate of drug-likeness (QED) is 0.772. The molecule has 4 heteroatoms. The van der Waals surface area contributed by atoms with Gasteiger partial charge in [0.2, 0.25) is 0 Å². The van der Waals surface area contributed by atoms with Crippen LogP contribution in [0, 0.1) is 23.4 Å². The Morgan fingerprint density at radius 1 is 0.952 bits per heavy atom. The van der Waals surface area contributed by atoms with Crippen molar-refractivity contribution in [1.82, 2.24) is 0 Å². The lowest BCUT2D eigenvalue weighted by Gasteiger charge is -2.10. The summed E-state index contributed by atoms with van der Waals surface area (Å²) in [5.74, 6) is -2.47. The monoisotopic (exact) mass is 293 g/mol. The van der Waals surface area contributed by atoms with Crippen molar-refractivity contribution < 1.29 is 13.2 Å². The summed E-state index contributed by atoms with van der Waals surface area (Å²) in [7, 11) is 0. The van der Waals surface area contributed by atoms with Crippen molar-refractivity contribution in [2.75, 3.05) is 5.32 Å². The highest BCUT2D eigenvalue weighted by molar-refractivity contribution is 5.46. The second kappa shape index (κ2) is 6.66. The van der Waals surface area contributed by atoms with Crippen LogP contribution in [0.4, 0.5) is 18.9 Å². The van der Waals surface area contributed by atoms with Crippen LogP contribution < -0.4 is 5.32 Å². The lowest BCUT2D eigenvalue weighted by Crippen LogP contribution is -2.04. The first-order valence-electron chi connectivity index (χ1n) is 6.92. The maximum atomic E-state index is 13.5. The highest BCUT2D eigenvalue weighted by atomic mass is 19.2. The van der Waals surface area contributed by atoms with Crippen molar-refractivity contribution in [1.29, 1.82) is 0 Å². The summed E-state index contributed by atoms with van der Waals surface area (Å²) < 4.78 is 39.6. The summed E-state index contributed by atoms with van der Waals surface area (Å²) in [6.45, 7) is 4.61. The van der Waals surface area contributed by atoms with Gasteiger partial charge in [-0.1, -0.05) is 38.1 Å². The number of halogens is 3. The fourth-order valence-corrected chi connectivity index (χ4v) is 2.15. The second-order valence-electron chi connectivity index (χ2n) is 5.52. The molecule has 21 heavy (non-hydrogen) atoms. The molecule has 0 saturated carbocycles. The number of anilines is 1. The standard InChI is InChI=1S/C17H18F3N/c1-11(2)7-12-3-5-13(6-4-12)10-21-16-9-14(18)8-15(19)17(16)20/h3-6,8-9,11,21H,7,10H2,1-2H3. The topological polar surface area (TPSA) is 12.0 Å². The van der Waals surface area contributed by atoms with Crippen LogP contribution in [-0.2, 0) is 13.0 Å². The van der Waals surface area contributed by atoms with Crippen LogP contribution in [0.1, 0.15) is 25.0 Å². The zero-order valence-electron chi connectivity index (χ0n) is 12.1. The molecular weight excluding hydrogens is 275 g/mol. The number of rotatable bonds is 5. The number of hydrogen-bond acceptors (Lipinski definition) is 1. The number of benzene rings is 2. The van der Waals surface area contributed by atoms with E-state index in [1.54, 1.807) is 0 Å². The van der Waals surface area contributed by atoms with Gasteiger partial charge in [0.1, 0.15) is 5.82 Å². The summed E-state index contributed by atoms with van der Waals surface area (Å²) in [6, 6.07) is 9.36. The van der Waals surface area contributed by atoms with Gasteiger partial charge in [-0.05, 0) is 23.5 Å². The minimum atomic E-state index is -1.19. The maximum Gasteiger partial charge on any atom is 0.182 e. The average Bonchev–Trinajstić information content (AvgIpc) is 2.42. The van der Waals surface area contributed by atoms with Gasteiger partial charge < -0.3 is 5.32 Å². The largest absolute Gasteiger partial charge is 0.378 e. The molecule has 0 unspecified atom stereocenters. The van der Waals surface area contributed by atoms with Gasteiger partial charge in [0, 0.05) is 18.7 Å². The molecule has 0 aliphatic heterocycles. The molecule has 0 heterocycles. The van der Waals surface area contributed by atoms with E-state index in [-0.39, 0.29) is 5.69 Å². The average molecular weight is 293 g/mol. The van der Waals surface area contributed by atoms with Gasteiger partial charge in [0.15, 0.2) is 11.6 Å². The highest BCUT2D eigenvalue weighted by Crippen LogP contribution is 2.20. The van der Waals surface area contributed by atoms with Crippen molar-refractivity contribution in [3.8, 4) is 0 Å². The Morgan fingerprint density at radius 2 is 1.57 bits per heavy atom. The summed E-state index contributed by atoms with van der Waals surface area (Å²) in [5, 5.41) is 2.72. The van der Waals surface area contributed by atoms with Gasteiger partial charge in [-0.25, -0.2) is 13.2 Å². The minimum Gasteiger partial charge on any atom is -0.378 e. The van der Waals surface area contributed by atoms with Gasteiger partial charge in [0.05, 0.1) is 5.69 Å². The second-order valence-corrected chi connectivity index (χ2v) is 5.52. The molecule has 0 fully saturated rings. The van der Waals surface area contributed by atoms with Crippen LogP contribution in [0.3, 0.4) is 0 Å². The molecule has 0 aliphatic rings. The summed E-state index contributed by atoms with van der Waals surface area (Å²) in [5.41, 5.74) is 1.99. The molecule has 0 radical (unpaired) electrons. The molecule has 0 aromatic heterocycles. The van der Waals surface area contributed by atoms with E-state index in [9.17, 15) is 13.2 Å². The first-order valence-corrected chi connectivity index (χ1v) is 6.92. The van der Waals surface area contributed by atoms with E-state index in [1.165, 1.54) is 5.56 Å². The molecule has 1 N–H and O–H groups in total. The van der Waals surface area contributed by atoms with E-state index in [2.05, 4.69) is 19.2 Å². The molecule has 2 rings (SSSR count). The van der Waals surface area contributed by atoms with Crippen LogP contribution in [-0.4, -0.2) is 0 Å². The van der Waals surface area contributed by atoms with Crippen molar-refractivity contribution in [2.45, 2.75) is 26.8 Å². The molecule has 2 aromatic rings. The minimum absolute atomic E-state index is 0.168. The fourth-order valence-electron chi connectivity index (χ4n) is 2.15. The van der Waals surface area contributed by atoms with E-state index in [0.29, 0.717) is 18.5 Å². The third-order valence-corrected chi connectivity index (χ3v) is 3.14. The van der Waals surface area contributed by atoms with Crippen molar-refractivity contribution in [3.63, 3.8) is 0 Å². The molecule has 1 nitrogen and oxygen atoms in total. The van der Waals surface area contributed by atoms with Gasteiger partial charge in [-0.2, -0.15) is 0 Å². The first-order chi connectivity index (χ1) is 9.95. The molecular formula is C17H18F3N. The zero-order chi connectivity index (χ0) is 15.4. The van der Waals surface area contributed by atoms with Gasteiger partial charge >= 0.3 is 0 Å². The van der Waals surface area contributed by atoms with Crippen LogP contribution >= 0.6 is 0 Å². The predicted octanol–water partition coefficient (Wildman–Crippen LogP) is 4.91. The molecule has 0 saturated heterocycles. The van der Waals surface area contributed by atoms with Gasteiger partial charge in [-0.3, -0.25) is 0 Å². The van der Waals surface area contributed by atoms with E-state index in [1.807, 2.05) is 24.3 Å². The summed E-state index contributed by atoms with van der Waals surface area (Å²) >= 11 is 0. The molecule has 0 bridgehead atoms. The Balaban J connectivity index is 2.03. The fraction of sp³-hybridized carbons (Fsp3) is 0.294. The van der Waals surface area contributed by atoms with E-state index >= 15 is 0 Å². The van der Waals surface area contributed by atoms with Crippen molar-refractivity contribution >= 4 is 5.69 Å². The van der Waals surface area contributed by atoms with Crippen molar-refractivity contribution in [2.24, 2.45) is 5.92 Å². The molecule has 0 amide bonds. The summed E-state index contributed by atoms with van der Waals surface area (Å²) in [6.07, 6.45) is 0.997. The lowest BCUT2D eigenvalue weighted by atomic mass is 10.0. The van der Waals surface area contributed by atoms with Gasteiger partial charge in [-0.15, -0.1) is 0 Å². The van der Waals surface area contributed by atoms with E-state index < -0.39 is 17.5 Å². The van der Waals surface area contributed by atoms with Crippen LogP contribution in [0.5, 0.6) is 0 Å². The Morgan fingerprint density at radius 3 is 2.19 bits per heavy atom. The smallest absolute Gasteiger partial charge is 0.182 e. The van der Waals surface area contributed by atoms with Gasteiger partial charge in [0.25, 0.3) is 0 Å². The van der Waals surface area contributed by atoms with Crippen LogP contribution in [0.15, 0.2) is 36.4 Å². The number of hydrogen-bond donors (Lipinski definition) is 1. The summed E-state index contributed by atoms with van der Waals surface area (Å²) in [4.78, 5) is 0. The normalized spacial score (nSPS) is 11.0. The Kier molecular flexibility index (Phi) is 4.89. The molecule has 0 spiro atoms. The third-order valence-electron chi connectivity index (χ3n) is 3.14. The van der Waals surface area contributed by atoms with Crippen LogP contribution in [0.2, 0.25) is 0 Å². The van der Waals surface area contributed by atoms with Crippen molar-refractivity contribution in [3.05, 3.63) is 65.0 Å². The lowest BCUT2D eigenvalue weighted by molar-refractivity contribution is 0.497. The van der Waals surface area contributed by atoms with E-state index in [0.717, 1.165) is 18.1 Å². The number of nitrogens with one attached hydrogen (secondary N) is 1. The third kappa shape index (κ3) is 4.25. The maximum absolute atomic E-state index is 13.5. The highest BCUT2D eigenvalue weighted by Gasteiger charge is 2.10. The Labute approximate surface area is 122 Å². The molecule has 112 valence electrons. The first kappa shape index (κ1) is 15.4. The molecule has 0 aliphatic carbocycles. The Bertz CT molecular complexity index is 606. The molecule has 2 aromatic carbocycles.